The van der Waals surface area contributed by atoms with Crippen LogP contribution in [0.2, 0.25) is 0 Å². The maximum Gasteiger partial charge on any atom is 0.223 e. The Morgan fingerprint density at radius 1 is 1.06 bits per heavy atom. The third-order valence-electron chi connectivity index (χ3n) is 2.12. The van der Waals surface area contributed by atoms with E-state index >= 15 is 0 Å². The lowest BCUT2D eigenvalue weighted by atomic mass is 10.3. The maximum atomic E-state index is 4.40. The minimum Gasteiger partial charge on any atom is -0.354 e. The quantitative estimate of drug-likeness (QED) is 0.848. The van der Waals surface area contributed by atoms with Gasteiger partial charge >= 0.3 is 0 Å². The molecule has 0 amide bonds. The van der Waals surface area contributed by atoms with E-state index in [1.165, 1.54) is 0 Å². The predicted octanol–water partition coefficient (Wildman–Crippen LogP) is 2.36. The molecule has 0 saturated heterocycles. The second-order valence-corrected chi connectivity index (χ2v) is 3.41. The number of hydrogen-bond donors (Lipinski definition) is 1. The van der Waals surface area contributed by atoms with Gasteiger partial charge in [0.05, 0.1) is 11.4 Å². The number of pyridine rings is 1. The normalized spacial score (nSPS) is 10.1. The first-order chi connectivity index (χ1) is 7.90. The molecule has 0 radical (unpaired) electrons. The number of aromatic nitrogens is 3. The summed E-state index contributed by atoms with van der Waals surface area (Å²) in [5.41, 5.74) is 1.71. The Bertz CT molecular complexity index is 442. The van der Waals surface area contributed by atoms with E-state index in [1.807, 2.05) is 24.3 Å². The molecule has 0 aliphatic rings. The van der Waals surface area contributed by atoms with E-state index in [0.29, 0.717) is 5.95 Å². The van der Waals surface area contributed by atoms with Crippen LogP contribution in [0.5, 0.6) is 0 Å². The van der Waals surface area contributed by atoms with Crippen LogP contribution >= 0.6 is 0 Å². The van der Waals surface area contributed by atoms with Crippen molar-refractivity contribution in [1.82, 2.24) is 15.0 Å². The summed E-state index contributed by atoms with van der Waals surface area (Å²) >= 11 is 0. The molecule has 0 unspecified atom stereocenters. The summed E-state index contributed by atoms with van der Waals surface area (Å²) in [6, 6.07) is 7.63. The number of nitrogens with one attached hydrogen (secondary N) is 1. The SMILES string of the molecule is CCCNc1nccc(-c2ccccn2)n1. The van der Waals surface area contributed by atoms with Crippen molar-refractivity contribution in [2.45, 2.75) is 13.3 Å². The standard InChI is InChI=1S/C12H14N4/c1-2-7-14-12-15-9-6-11(16-12)10-5-3-4-8-13-10/h3-6,8-9H,2,7H2,1H3,(H,14,15,16). The molecular weight excluding hydrogens is 200 g/mol. The first-order valence-corrected chi connectivity index (χ1v) is 5.38. The Kier molecular flexibility index (Phi) is 3.43. The smallest absolute Gasteiger partial charge is 0.223 e. The number of rotatable bonds is 4. The van der Waals surface area contributed by atoms with Gasteiger partial charge in [0.25, 0.3) is 0 Å². The Labute approximate surface area is 94.8 Å². The first-order valence-electron chi connectivity index (χ1n) is 5.38. The van der Waals surface area contributed by atoms with E-state index < -0.39 is 0 Å². The highest BCUT2D eigenvalue weighted by Gasteiger charge is 2.01. The molecule has 0 saturated carbocycles. The highest BCUT2D eigenvalue weighted by atomic mass is 15.1. The zero-order valence-corrected chi connectivity index (χ0v) is 9.22. The van der Waals surface area contributed by atoms with E-state index in [-0.39, 0.29) is 0 Å². The molecule has 1 N–H and O–H groups in total. The predicted molar refractivity (Wildman–Crippen MR) is 64.0 cm³/mol. The van der Waals surface area contributed by atoms with E-state index in [9.17, 15) is 0 Å². The van der Waals surface area contributed by atoms with Crippen LogP contribution in [0.1, 0.15) is 13.3 Å². The summed E-state index contributed by atoms with van der Waals surface area (Å²) in [4.78, 5) is 12.8. The van der Waals surface area contributed by atoms with Gasteiger partial charge in [-0.25, -0.2) is 9.97 Å². The summed E-state index contributed by atoms with van der Waals surface area (Å²) in [5, 5.41) is 3.15. The van der Waals surface area contributed by atoms with E-state index in [4.69, 9.17) is 0 Å². The molecule has 2 rings (SSSR count). The van der Waals surface area contributed by atoms with Gasteiger partial charge in [0.1, 0.15) is 0 Å². The van der Waals surface area contributed by atoms with E-state index in [2.05, 4.69) is 27.2 Å². The number of hydrogen-bond acceptors (Lipinski definition) is 4. The second kappa shape index (κ2) is 5.21. The average Bonchev–Trinajstić information content (AvgIpc) is 2.38. The van der Waals surface area contributed by atoms with Crippen molar-refractivity contribution in [3.8, 4) is 11.4 Å². The Hall–Kier alpha value is -1.97. The third kappa shape index (κ3) is 2.53. The molecule has 2 aromatic heterocycles. The topological polar surface area (TPSA) is 50.7 Å². The monoisotopic (exact) mass is 214 g/mol. The van der Waals surface area contributed by atoms with E-state index in [0.717, 1.165) is 24.4 Å². The second-order valence-electron chi connectivity index (χ2n) is 3.41. The highest BCUT2D eigenvalue weighted by molar-refractivity contribution is 5.54. The van der Waals surface area contributed by atoms with Gasteiger partial charge in [0.15, 0.2) is 0 Å². The van der Waals surface area contributed by atoms with Crippen LogP contribution in [-0.2, 0) is 0 Å². The lowest BCUT2D eigenvalue weighted by molar-refractivity contribution is 0.952. The molecule has 0 atom stereocenters. The molecule has 0 aliphatic heterocycles. The molecule has 2 heterocycles. The van der Waals surface area contributed by atoms with Crippen molar-refractivity contribution in [3.63, 3.8) is 0 Å². The van der Waals surface area contributed by atoms with Crippen molar-refractivity contribution in [1.29, 1.82) is 0 Å². The van der Waals surface area contributed by atoms with Crippen LogP contribution in [-0.4, -0.2) is 21.5 Å². The Balaban J connectivity index is 2.22. The molecule has 2 aromatic rings. The zero-order valence-electron chi connectivity index (χ0n) is 9.22. The van der Waals surface area contributed by atoms with Crippen molar-refractivity contribution >= 4 is 5.95 Å². The summed E-state index contributed by atoms with van der Waals surface area (Å²) in [6.45, 7) is 2.99. The fraction of sp³-hybridized carbons (Fsp3) is 0.250. The van der Waals surface area contributed by atoms with Gasteiger partial charge in [0, 0.05) is 18.9 Å². The van der Waals surface area contributed by atoms with Crippen molar-refractivity contribution in [2.75, 3.05) is 11.9 Å². The van der Waals surface area contributed by atoms with Gasteiger partial charge in [0.2, 0.25) is 5.95 Å². The number of nitrogens with zero attached hydrogens (tertiary/aromatic N) is 3. The van der Waals surface area contributed by atoms with Crippen LogP contribution in [0, 0.1) is 0 Å². The van der Waals surface area contributed by atoms with Gasteiger partial charge < -0.3 is 5.32 Å². The van der Waals surface area contributed by atoms with Crippen LogP contribution in [0.25, 0.3) is 11.4 Å². The van der Waals surface area contributed by atoms with Gasteiger partial charge in [-0.05, 0) is 24.6 Å². The molecule has 82 valence electrons. The summed E-state index contributed by atoms with van der Waals surface area (Å²) in [5.74, 6) is 0.657. The van der Waals surface area contributed by atoms with E-state index in [1.54, 1.807) is 12.4 Å². The molecule has 16 heavy (non-hydrogen) atoms. The number of anilines is 1. The van der Waals surface area contributed by atoms with Gasteiger partial charge in [-0.1, -0.05) is 13.0 Å². The Morgan fingerprint density at radius 2 is 2.00 bits per heavy atom. The van der Waals surface area contributed by atoms with Gasteiger partial charge in [-0.3, -0.25) is 4.98 Å². The molecule has 0 bridgehead atoms. The van der Waals surface area contributed by atoms with Crippen molar-refractivity contribution in [2.24, 2.45) is 0 Å². The maximum absolute atomic E-state index is 4.40. The molecule has 0 spiro atoms. The molecule has 4 nitrogen and oxygen atoms in total. The summed E-state index contributed by atoms with van der Waals surface area (Å²) < 4.78 is 0. The summed E-state index contributed by atoms with van der Waals surface area (Å²) in [6.07, 6.45) is 4.56. The van der Waals surface area contributed by atoms with Crippen LogP contribution < -0.4 is 5.32 Å². The molecule has 0 aliphatic carbocycles. The summed E-state index contributed by atoms with van der Waals surface area (Å²) in [7, 11) is 0. The van der Waals surface area contributed by atoms with Gasteiger partial charge in [-0.15, -0.1) is 0 Å². The molecular formula is C12H14N4. The van der Waals surface area contributed by atoms with Crippen molar-refractivity contribution in [3.05, 3.63) is 36.7 Å². The third-order valence-corrected chi connectivity index (χ3v) is 2.12. The van der Waals surface area contributed by atoms with Gasteiger partial charge in [-0.2, -0.15) is 0 Å². The molecule has 0 aromatic carbocycles. The van der Waals surface area contributed by atoms with Crippen molar-refractivity contribution < 1.29 is 0 Å². The minimum absolute atomic E-state index is 0.657. The molecule has 4 heteroatoms. The lowest BCUT2D eigenvalue weighted by Gasteiger charge is -2.04. The minimum atomic E-state index is 0.657. The fourth-order valence-electron chi connectivity index (χ4n) is 1.34. The van der Waals surface area contributed by atoms with Crippen LogP contribution in [0.3, 0.4) is 0 Å². The average molecular weight is 214 g/mol. The highest BCUT2D eigenvalue weighted by Crippen LogP contribution is 2.13. The first kappa shape index (κ1) is 10.5. The largest absolute Gasteiger partial charge is 0.354 e. The zero-order chi connectivity index (χ0) is 11.2. The Morgan fingerprint density at radius 3 is 2.75 bits per heavy atom. The van der Waals surface area contributed by atoms with Crippen LogP contribution in [0.4, 0.5) is 5.95 Å². The van der Waals surface area contributed by atoms with Crippen LogP contribution in [0.15, 0.2) is 36.7 Å². The fourth-order valence-corrected chi connectivity index (χ4v) is 1.34. The molecule has 0 fully saturated rings. The lowest BCUT2D eigenvalue weighted by Crippen LogP contribution is -2.04.